The van der Waals surface area contributed by atoms with Crippen LogP contribution in [-0.4, -0.2) is 5.78 Å². The maximum absolute atomic E-state index is 11.8. The molecule has 104 valence electrons. The number of hydrogen-bond acceptors (Lipinski definition) is 1. The SMILES string of the molecule is CCCCC(C(C)=O)=C1CCC(C(C)(C)C)CC1. The standard InChI is InChI=1S/C17H30O/c1-6-7-8-16(13(2)18)14-9-11-15(12-10-14)17(3,4)5/h15H,6-12H2,1-5H3. The number of unbranched alkanes of at least 4 members (excludes halogenated alkanes) is 1. The predicted octanol–water partition coefficient (Wildman–Crippen LogP) is 5.30. The molecule has 1 saturated carbocycles. The molecule has 0 heterocycles. The summed E-state index contributed by atoms with van der Waals surface area (Å²) < 4.78 is 0. The summed E-state index contributed by atoms with van der Waals surface area (Å²) in [5.74, 6) is 1.13. The largest absolute Gasteiger partial charge is 0.295 e. The lowest BCUT2D eigenvalue weighted by molar-refractivity contribution is -0.113. The summed E-state index contributed by atoms with van der Waals surface area (Å²) in [6.45, 7) is 11.0. The third-order valence-corrected chi connectivity index (χ3v) is 4.45. The Bertz CT molecular complexity index is 307. The second-order valence-corrected chi connectivity index (χ2v) is 6.88. The first kappa shape index (κ1) is 15.5. The normalized spacial score (nSPS) is 20.9. The molecule has 0 atom stereocenters. The number of allylic oxidation sites excluding steroid dienone is 2. The van der Waals surface area contributed by atoms with E-state index in [2.05, 4.69) is 27.7 Å². The van der Waals surface area contributed by atoms with Gasteiger partial charge in [-0.2, -0.15) is 0 Å². The number of carbonyl (C=O) groups is 1. The average molecular weight is 250 g/mol. The van der Waals surface area contributed by atoms with E-state index in [9.17, 15) is 4.79 Å². The zero-order chi connectivity index (χ0) is 13.8. The summed E-state index contributed by atoms with van der Waals surface area (Å²) in [5, 5.41) is 0. The van der Waals surface area contributed by atoms with Gasteiger partial charge in [-0.15, -0.1) is 0 Å². The van der Waals surface area contributed by atoms with E-state index in [0.717, 1.165) is 37.2 Å². The fourth-order valence-corrected chi connectivity index (χ4v) is 3.09. The summed E-state index contributed by atoms with van der Waals surface area (Å²) in [4.78, 5) is 11.8. The first-order valence-corrected chi connectivity index (χ1v) is 7.58. The fourth-order valence-electron chi connectivity index (χ4n) is 3.09. The Morgan fingerprint density at radius 1 is 1.22 bits per heavy atom. The molecule has 0 amide bonds. The Morgan fingerprint density at radius 3 is 2.17 bits per heavy atom. The molecule has 0 aromatic carbocycles. The monoisotopic (exact) mass is 250 g/mol. The molecule has 0 aromatic rings. The molecule has 0 saturated heterocycles. The summed E-state index contributed by atoms with van der Waals surface area (Å²) in [6, 6.07) is 0. The van der Waals surface area contributed by atoms with E-state index < -0.39 is 0 Å². The van der Waals surface area contributed by atoms with Gasteiger partial charge in [-0.25, -0.2) is 0 Å². The summed E-state index contributed by atoms with van der Waals surface area (Å²) in [7, 11) is 0. The fraction of sp³-hybridized carbons (Fsp3) is 0.824. The third-order valence-electron chi connectivity index (χ3n) is 4.45. The number of rotatable bonds is 4. The number of Topliss-reactive ketones (excluding diaryl/α,β-unsaturated/α-hetero) is 1. The van der Waals surface area contributed by atoms with Crippen LogP contribution < -0.4 is 0 Å². The number of carbonyl (C=O) groups excluding carboxylic acids is 1. The van der Waals surface area contributed by atoms with Crippen LogP contribution in [0, 0.1) is 11.3 Å². The molecule has 0 N–H and O–H groups in total. The highest BCUT2D eigenvalue weighted by Gasteiger charge is 2.28. The highest BCUT2D eigenvalue weighted by molar-refractivity contribution is 5.94. The lowest BCUT2D eigenvalue weighted by atomic mass is 9.70. The highest BCUT2D eigenvalue weighted by Crippen LogP contribution is 2.40. The Balaban J connectivity index is 2.70. The smallest absolute Gasteiger partial charge is 0.155 e. The van der Waals surface area contributed by atoms with Gasteiger partial charge in [-0.05, 0) is 62.4 Å². The molecule has 1 nitrogen and oxygen atoms in total. The van der Waals surface area contributed by atoms with Crippen molar-refractivity contribution in [1.29, 1.82) is 0 Å². The van der Waals surface area contributed by atoms with E-state index in [4.69, 9.17) is 0 Å². The molecular formula is C17H30O. The van der Waals surface area contributed by atoms with E-state index in [-0.39, 0.29) is 0 Å². The van der Waals surface area contributed by atoms with Crippen molar-refractivity contribution in [1.82, 2.24) is 0 Å². The van der Waals surface area contributed by atoms with Crippen LogP contribution in [0.15, 0.2) is 11.1 Å². The van der Waals surface area contributed by atoms with Crippen molar-refractivity contribution < 1.29 is 4.79 Å². The molecule has 1 aliphatic carbocycles. The molecule has 1 rings (SSSR count). The maximum atomic E-state index is 11.8. The lowest BCUT2D eigenvalue weighted by Gasteiger charge is -2.35. The van der Waals surface area contributed by atoms with Crippen LogP contribution in [0.2, 0.25) is 0 Å². The van der Waals surface area contributed by atoms with Crippen molar-refractivity contribution >= 4 is 5.78 Å². The Kier molecular flexibility index (Phi) is 5.62. The van der Waals surface area contributed by atoms with Gasteiger partial charge in [0, 0.05) is 0 Å². The molecule has 1 fully saturated rings. The predicted molar refractivity (Wildman–Crippen MR) is 78.6 cm³/mol. The zero-order valence-electron chi connectivity index (χ0n) is 12.9. The molecule has 0 radical (unpaired) electrons. The van der Waals surface area contributed by atoms with Gasteiger partial charge in [0.2, 0.25) is 0 Å². The molecule has 18 heavy (non-hydrogen) atoms. The first-order valence-electron chi connectivity index (χ1n) is 7.58. The van der Waals surface area contributed by atoms with Crippen molar-refractivity contribution in [2.75, 3.05) is 0 Å². The first-order chi connectivity index (χ1) is 8.36. The van der Waals surface area contributed by atoms with Gasteiger partial charge < -0.3 is 0 Å². The van der Waals surface area contributed by atoms with Gasteiger partial charge in [0.05, 0.1) is 0 Å². The van der Waals surface area contributed by atoms with Gasteiger partial charge in [-0.3, -0.25) is 4.79 Å². The molecule has 0 aromatic heterocycles. The average Bonchev–Trinajstić information content (AvgIpc) is 2.28. The van der Waals surface area contributed by atoms with Crippen LogP contribution in [-0.2, 0) is 4.79 Å². The van der Waals surface area contributed by atoms with E-state index in [1.165, 1.54) is 24.8 Å². The Hall–Kier alpha value is -0.590. The topological polar surface area (TPSA) is 17.1 Å². The van der Waals surface area contributed by atoms with Crippen LogP contribution in [0.1, 0.15) is 79.6 Å². The Morgan fingerprint density at radius 2 is 1.78 bits per heavy atom. The van der Waals surface area contributed by atoms with Crippen LogP contribution in [0.3, 0.4) is 0 Å². The van der Waals surface area contributed by atoms with Crippen LogP contribution in [0.5, 0.6) is 0 Å². The number of ketones is 1. The minimum Gasteiger partial charge on any atom is -0.295 e. The van der Waals surface area contributed by atoms with E-state index in [1.54, 1.807) is 6.92 Å². The van der Waals surface area contributed by atoms with Crippen LogP contribution >= 0.6 is 0 Å². The summed E-state index contributed by atoms with van der Waals surface area (Å²) >= 11 is 0. The van der Waals surface area contributed by atoms with Crippen molar-refractivity contribution in [2.45, 2.75) is 79.6 Å². The van der Waals surface area contributed by atoms with Gasteiger partial charge >= 0.3 is 0 Å². The minimum absolute atomic E-state index is 0.313. The molecule has 0 bridgehead atoms. The van der Waals surface area contributed by atoms with Crippen LogP contribution in [0.4, 0.5) is 0 Å². The maximum Gasteiger partial charge on any atom is 0.155 e. The summed E-state index contributed by atoms with van der Waals surface area (Å²) in [6.07, 6.45) is 8.17. The van der Waals surface area contributed by atoms with Gasteiger partial charge in [0.25, 0.3) is 0 Å². The van der Waals surface area contributed by atoms with E-state index in [0.29, 0.717) is 11.2 Å². The molecule has 1 heteroatoms. The molecule has 0 unspecified atom stereocenters. The van der Waals surface area contributed by atoms with Crippen molar-refractivity contribution in [3.8, 4) is 0 Å². The number of hydrogen-bond donors (Lipinski definition) is 0. The van der Waals surface area contributed by atoms with E-state index in [1.807, 2.05) is 0 Å². The molecular weight excluding hydrogens is 220 g/mol. The van der Waals surface area contributed by atoms with Crippen molar-refractivity contribution in [2.24, 2.45) is 11.3 Å². The van der Waals surface area contributed by atoms with Crippen molar-refractivity contribution in [3.63, 3.8) is 0 Å². The third kappa shape index (κ3) is 4.26. The zero-order valence-corrected chi connectivity index (χ0v) is 12.9. The van der Waals surface area contributed by atoms with E-state index >= 15 is 0 Å². The van der Waals surface area contributed by atoms with Crippen LogP contribution in [0.25, 0.3) is 0 Å². The minimum atomic E-state index is 0.313. The van der Waals surface area contributed by atoms with Gasteiger partial charge in [0.15, 0.2) is 5.78 Å². The molecule has 0 spiro atoms. The Labute approximate surface area is 113 Å². The molecule has 1 aliphatic rings. The highest BCUT2D eigenvalue weighted by atomic mass is 16.1. The van der Waals surface area contributed by atoms with Crippen molar-refractivity contribution in [3.05, 3.63) is 11.1 Å². The van der Waals surface area contributed by atoms with Gasteiger partial charge in [-0.1, -0.05) is 39.7 Å². The quantitative estimate of drug-likeness (QED) is 0.619. The summed E-state index contributed by atoms with van der Waals surface area (Å²) in [5.41, 5.74) is 3.05. The second kappa shape index (κ2) is 6.54. The lowest BCUT2D eigenvalue weighted by Crippen LogP contribution is -2.24. The molecule has 0 aliphatic heterocycles. The second-order valence-electron chi connectivity index (χ2n) is 6.88. The van der Waals surface area contributed by atoms with Gasteiger partial charge in [0.1, 0.15) is 0 Å².